The van der Waals surface area contributed by atoms with Crippen molar-refractivity contribution in [1.82, 2.24) is 15.1 Å². The van der Waals surface area contributed by atoms with Gasteiger partial charge in [-0.2, -0.15) is 5.10 Å². The molecule has 1 N–H and O–H groups in total. The van der Waals surface area contributed by atoms with Crippen LogP contribution in [0.15, 0.2) is 36.4 Å². The monoisotopic (exact) mass is 356 g/mol. The quantitative estimate of drug-likeness (QED) is 0.891. The number of benzene rings is 1. The number of anilines is 1. The number of ether oxygens (including phenoxy) is 2. The molecule has 1 aromatic carbocycles. The highest BCUT2D eigenvalue weighted by atomic mass is 16.5. The third-order valence-electron chi connectivity index (χ3n) is 4.46. The summed E-state index contributed by atoms with van der Waals surface area (Å²) in [5.41, 5.74) is 1.60. The van der Waals surface area contributed by atoms with Gasteiger partial charge in [0.2, 0.25) is 5.88 Å². The first kappa shape index (κ1) is 18.0. The van der Waals surface area contributed by atoms with Crippen LogP contribution < -0.4 is 14.8 Å². The van der Waals surface area contributed by atoms with Gasteiger partial charge >= 0.3 is 6.03 Å². The van der Waals surface area contributed by atoms with Gasteiger partial charge in [0.15, 0.2) is 0 Å². The molecule has 7 nitrogen and oxygen atoms in total. The van der Waals surface area contributed by atoms with Crippen LogP contribution in [0.25, 0.3) is 0 Å². The summed E-state index contributed by atoms with van der Waals surface area (Å²) in [7, 11) is 1.61. The second kappa shape index (κ2) is 8.51. The van der Waals surface area contributed by atoms with E-state index >= 15 is 0 Å². The molecule has 26 heavy (non-hydrogen) atoms. The predicted octanol–water partition coefficient (Wildman–Crippen LogP) is 3.12. The Bertz CT molecular complexity index is 728. The van der Waals surface area contributed by atoms with Crippen LogP contribution in [0.1, 0.15) is 18.5 Å². The largest absolute Gasteiger partial charge is 0.497 e. The van der Waals surface area contributed by atoms with Crippen molar-refractivity contribution < 1.29 is 14.3 Å². The Labute approximate surface area is 153 Å². The molecule has 0 unspecified atom stereocenters. The highest BCUT2D eigenvalue weighted by Crippen LogP contribution is 2.21. The van der Waals surface area contributed by atoms with Gasteiger partial charge in [-0.15, -0.1) is 5.10 Å². The fraction of sp³-hybridized carbons (Fsp3) is 0.421. The van der Waals surface area contributed by atoms with Crippen molar-refractivity contribution >= 4 is 11.7 Å². The molecule has 7 heteroatoms. The number of methoxy groups -OCH3 is 1. The summed E-state index contributed by atoms with van der Waals surface area (Å²) in [6, 6.07) is 11.0. The molecule has 1 aliphatic rings. The zero-order valence-corrected chi connectivity index (χ0v) is 15.1. The topological polar surface area (TPSA) is 76.6 Å². The van der Waals surface area contributed by atoms with E-state index in [1.54, 1.807) is 13.2 Å². The Hall–Kier alpha value is -2.83. The Balaban J connectivity index is 1.43. The fourth-order valence-electron chi connectivity index (χ4n) is 2.87. The van der Waals surface area contributed by atoms with Crippen LogP contribution in [-0.2, 0) is 0 Å². The smallest absolute Gasteiger partial charge is 0.321 e. The van der Waals surface area contributed by atoms with Crippen LogP contribution in [0.3, 0.4) is 0 Å². The lowest BCUT2D eigenvalue weighted by atomic mass is 9.98. The second-order valence-corrected chi connectivity index (χ2v) is 6.42. The molecule has 1 saturated heterocycles. The van der Waals surface area contributed by atoms with Gasteiger partial charge in [-0.3, -0.25) is 0 Å². The maximum atomic E-state index is 12.4. The van der Waals surface area contributed by atoms with Gasteiger partial charge in [0.05, 0.1) is 19.4 Å². The third-order valence-corrected chi connectivity index (χ3v) is 4.46. The van der Waals surface area contributed by atoms with Gasteiger partial charge in [-0.25, -0.2) is 4.79 Å². The summed E-state index contributed by atoms with van der Waals surface area (Å²) < 4.78 is 10.9. The molecule has 2 heterocycles. The number of nitrogens with one attached hydrogen (secondary N) is 1. The zero-order valence-electron chi connectivity index (χ0n) is 15.1. The predicted molar refractivity (Wildman–Crippen MR) is 98.6 cm³/mol. The first-order chi connectivity index (χ1) is 12.6. The van der Waals surface area contributed by atoms with Crippen molar-refractivity contribution in [1.29, 1.82) is 0 Å². The fourth-order valence-corrected chi connectivity index (χ4v) is 2.87. The van der Waals surface area contributed by atoms with E-state index in [2.05, 4.69) is 15.5 Å². The Morgan fingerprint density at radius 2 is 2.04 bits per heavy atom. The van der Waals surface area contributed by atoms with Gasteiger partial charge in [-0.1, -0.05) is 6.07 Å². The molecule has 138 valence electrons. The molecule has 3 rings (SSSR count). The minimum atomic E-state index is -0.0815. The maximum absolute atomic E-state index is 12.4. The standard InChI is InChI=1S/C19H24N4O3/c1-14-6-7-18(22-21-14)26-13-15-8-10-23(11-9-15)19(24)20-16-4-3-5-17(12-16)25-2/h3-7,12,15H,8-11,13H2,1-2H3,(H,20,24). The van der Waals surface area contributed by atoms with Crippen LogP contribution in [-0.4, -0.2) is 47.9 Å². The molecule has 0 spiro atoms. The third kappa shape index (κ3) is 4.84. The normalized spacial score (nSPS) is 14.8. The molecule has 0 atom stereocenters. The highest BCUT2D eigenvalue weighted by molar-refractivity contribution is 5.89. The summed E-state index contributed by atoms with van der Waals surface area (Å²) in [4.78, 5) is 14.2. The molecule has 0 bridgehead atoms. The van der Waals surface area contributed by atoms with Crippen molar-refractivity contribution in [3.05, 3.63) is 42.1 Å². The molecular weight excluding hydrogens is 332 g/mol. The van der Waals surface area contributed by atoms with E-state index in [1.807, 2.05) is 42.2 Å². The Morgan fingerprint density at radius 1 is 1.23 bits per heavy atom. The summed E-state index contributed by atoms with van der Waals surface area (Å²) in [5, 5.41) is 10.9. The number of urea groups is 1. The molecule has 1 aliphatic heterocycles. The minimum absolute atomic E-state index is 0.0815. The molecule has 1 aromatic heterocycles. The van der Waals surface area contributed by atoms with Crippen molar-refractivity contribution in [3.63, 3.8) is 0 Å². The Kier molecular flexibility index (Phi) is 5.88. The highest BCUT2D eigenvalue weighted by Gasteiger charge is 2.23. The number of carbonyl (C=O) groups is 1. The molecule has 0 saturated carbocycles. The van der Waals surface area contributed by atoms with Gasteiger partial charge in [0.1, 0.15) is 5.75 Å². The average Bonchev–Trinajstić information content (AvgIpc) is 2.68. The van der Waals surface area contributed by atoms with E-state index in [0.29, 0.717) is 31.5 Å². The van der Waals surface area contributed by atoms with Crippen LogP contribution in [0, 0.1) is 12.8 Å². The van der Waals surface area contributed by atoms with E-state index < -0.39 is 0 Å². The first-order valence-electron chi connectivity index (χ1n) is 8.77. The maximum Gasteiger partial charge on any atom is 0.321 e. The second-order valence-electron chi connectivity index (χ2n) is 6.42. The van der Waals surface area contributed by atoms with E-state index in [-0.39, 0.29) is 6.03 Å². The van der Waals surface area contributed by atoms with Crippen LogP contribution in [0.2, 0.25) is 0 Å². The number of hydrogen-bond acceptors (Lipinski definition) is 5. The summed E-state index contributed by atoms with van der Waals surface area (Å²) in [5.74, 6) is 1.69. The van der Waals surface area contributed by atoms with Crippen LogP contribution in [0.5, 0.6) is 11.6 Å². The molecule has 0 aliphatic carbocycles. The number of piperidine rings is 1. The lowest BCUT2D eigenvalue weighted by Crippen LogP contribution is -2.42. The SMILES string of the molecule is COc1cccc(NC(=O)N2CCC(COc3ccc(C)nn3)CC2)c1. The molecule has 0 radical (unpaired) electrons. The van der Waals surface area contributed by atoms with E-state index in [9.17, 15) is 4.79 Å². The van der Waals surface area contributed by atoms with Gasteiger partial charge in [0.25, 0.3) is 0 Å². The lowest BCUT2D eigenvalue weighted by molar-refractivity contribution is 0.150. The van der Waals surface area contributed by atoms with Gasteiger partial charge in [0, 0.05) is 30.9 Å². The molecule has 1 fully saturated rings. The van der Waals surface area contributed by atoms with E-state index in [1.165, 1.54) is 0 Å². The van der Waals surface area contributed by atoms with E-state index in [4.69, 9.17) is 9.47 Å². The van der Waals surface area contributed by atoms with E-state index in [0.717, 1.165) is 30.0 Å². The number of likely N-dealkylation sites (tertiary alicyclic amines) is 1. The molecular formula is C19H24N4O3. The number of amides is 2. The minimum Gasteiger partial charge on any atom is -0.497 e. The average molecular weight is 356 g/mol. The Morgan fingerprint density at radius 3 is 2.73 bits per heavy atom. The van der Waals surface area contributed by atoms with Crippen LogP contribution in [0.4, 0.5) is 10.5 Å². The van der Waals surface area contributed by atoms with Crippen molar-refractivity contribution in [2.24, 2.45) is 5.92 Å². The van der Waals surface area contributed by atoms with Crippen molar-refractivity contribution in [3.8, 4) is 11.6 Å². The lowest BCUT2D eigenvalue weighted by Gasteiger charge is -2.31. The number of aromatic nitrogens is 2. The summed E-state index contributed by atoms with van der Waals surface area (Å²) in [6.07, 6.45) is 1.82. The van der Waals surface area contributed by atoms with Crippen molar-refractivity contribution in [2.45, 2.75) is 19.8 Å². The number of aryl methyl sites for hydroxylation is 1. The molecule has 2 amide bonds. The van der Waals surface area contributed by atoms with Gasteiger partial charge in [-0.05, 0) is 43.9 Å². The first-order valence-corrected chi connectivity index (χ1v) is 8.77. The molecule has 2 aromatic rings. The van der Waals surface area contributed by atoms with Crippen LogP contribution >= 0.6 is 0 Å². The zero-order chi connectivity index (χ0) is 18.4. The number of hydrogen-bond donors (Lipinski definition) is 1. The summed E-state index contributed by atoms with van der Waals surface area (Å²) >= 11 is 0. The number of nitrogens with zero attached hydrogens (tertiary/aromatic N) is 3. The number of rotatable bonds is 5. The summed E-state index contributed by atoms with van der Waals surface area (Å²) in [6.45, 7) is 3.92. The van der Waals surface area contributed by atoms with Gasteiger partial charge < -0.3 is 19.7 Å². The van der Waals surface area contributed by atoms with Crippen molar-refractivity contribution in [2.75, 3.05) is 32.1 Å². The number of carbonyl (C=O) groups excluding carboxylic acids is 1.